The monoisotopic (exact) mass is 555 g/mol. The van der Waals surface area contributed by atoms with E-state index in [-0.39, 0.29) is 17.4 Å². The van der Waals surface area contributed by atoms with Crippen LogP contribution in [-0.2, 0) is 26.2 Å². The molecule has 0 radical (unpaired) electrons. The number of carbonyl (C=O) groups excluding carboxylic acids is 2. The summed E-state index contributed by atoms with van der Waals surface area (Å²) in [4.78, 5) is 29.5. The van der Waals surface area contributed by atoms with Crippen molar-refractivity contribution in [3.05, 3.63) is 53.2 Å². The molecule has 39 heavy (non-hydrogen) atoms. The molecule has 0 bridgehead atoms. The van der Waals surface area contributed by atoms with Crippen LogP contribution in [0.4, 0.5) is 27.6 Å². The zero-order valence-electron chi connectivity index (χ0n) is 21.5. The Hall–Kier alpha value is -3.81. The fraction of sp³-hybridized carbons (Fsp3) is 0.440. The molecule has 4 N–H and O–H groups in total. The molecular weight excluding hydrogens is 525 g/mol. The Kier molecular flexibility index (Phi) is 9.78. The molecule has 9 nitrogen and oxygen atoms in total. The molecule has 0 atom stereocenters. The minimum atomic E-state index is -4.91. The molecule has 0 fully saturated rings. The van der Waals surface area contributed by atoms with Crippen molar-refractivity contribution in [3.8, 4) is 11.3 Å². The lowest BCUT2D eigenvalue weighted by molar-refractivity contribution is -0.141. The minimum absolute atomic E-state index is 0.124. The summed E-state index contributed by atoms with van der Waals surface area (Å²) in [5.41, 5.74) is 5.02. The normalized spacial score (nSPS) is 11.7. The molecule has 0 saturated carbocycles. The van der Waals surface area contributed by atoms with Crippen LogP contribution < -0.4 is 16.4 Å². The van der Waals surface area contributed by atoms with E-state index in [9.17, 15) is 31.5 Å². The molecule has 3 aromatic rings. The van der Waals surface area contributed by atoms with Crippen molar-refractivity contribution in [1.82, 2.24) is 24.6 Å². The van der Waals surface area contributed by atoms with Crippen LogP contribution in [0, 0.1) is 0 Å². The maximum atomic E-state index is 13.5. The van der Waals surface area contributed by atoms with Crippen LogP contribution in [0.2, 0.25) is 0 Å². The highest BCUT2D eigenvalue weighted by atomic mass is 19.4. The summed E-state index contributed by atoms with van der Waals surface area (Å²) in [7, 11) is 1.33. The number of benzene rings is 1. The number of nitrogens with two attached hydrogens (primary N) is 1. The van der Waals surface area contributed by atoms with Gasteiger partial charge in [0.1, 0.15) is 6.54 Å². The number of aryl methyl sites for hydroxylation is 1. The van der Waals surface area contributed by atoms with Gasteiger partial charge < -0.3 is 20.9 Å². The summed E-state index contributed by atoms with van der Waals surface area (Å²) in [6, 6.07) is 4.77. The molecule has 2 amide bonds. The van der Waals surface area contributed by atoms with Crippen molar-refractivity contribution in [2.24, 2.45) is 12.8 Å². The Labute approximate surface area is 221 Å². The third-order valence-corrected chi connectivity index (χ3v) is 5.98. The van der Waals surface area contributed by atoms with Gasteiger partial charge in [0.25, 0.3) is 18.2 Å². The molecule has 0 unspecified atom stereocenters. The van der Waals surface area contributed by atoms with E-state index >= 15 is 0 Å². The van der Waals surface area contributed by atoms with Crippen molar-refractivity contribution in [2.75, 3.05) is 18.4 Å². The molecule has 3 rings (SSSR count). The number of hydrogen-bond donors (Lipinski definition) is 3. The van der Waals surface area contributed by atoms with Crippen LogP contribution in [-0.4, -0.2) is 50.7 Å². The number of nitrogens with zero attached hydrogens (tertiary/aromatic N) is 4. The summed E-state index contributed by atoms with van der Waals surface area (Å²) in [6.07, 6.45) is -2.81. The molecule has 1 aromatic carbocycles. The number of aromatic nitrogens is 4. The predicted molar refractivity (Wildman–Crippen MR) is 134 cm³/mol. The predicted octanol–water partition coefficient (Wildman–Crippen LogP) is 4.24. The van der Waals surface area contributed by atoms with E-state index in [1.165, 1.54) is 7.05 Å². The van der Waals surface area contributed by atoms with Crippen molar-refractivity contribution in [3.63, 3.8) is 0 Å². The van der Waals surface area contributed by atoms with Crippen molar-refractivity contribution >= 4 is 17.5 Å². The summed E-state index contributed by atoms with van der Waals surface area (Å²) < 4.78 is 67.7. The standard InChI is InChI=1S/C25H30F5N7O2/c1-3-15-11-16(7-8-17(15)23(38)32-10-6-4-5-9-31)34-24(39)22-33-12-19(36(22)2)18-13-37(14-20(26)27)35-21(18)25(28,29)30/h7-8,11-13,20H,3-6,9-10,14,31H2,1-2H3,(H,32,38)(H,34,39). The number of alkyl halides is 5. The van der Waals surface area contributed by atoms with Gasteiger partial charge in [0.2, 0.25) is 0 Å². The van der Waals surface area contributed by atoms with Gasteiger partial charge >= 0.3 is 6.18 Å². The number of hydrogen-bond acceptors (Lipinski definition) is 5. The molecule has 0 saturated heterocycles. The third-order valence-electron chi connectivity index (χ3n) is 5.98. The maximum absolute atomic E-state index is 13.5. The molecule has 14 heteroatoms. The van der Waals surface area contributed by atoms with Gasteiger partial charge in [-0.3, -0.25) is 14.3 Å². The second kappa shape index (κ2) is 12.8. The van der Waals surface area contributed by atoms with Gasteiger partial charge in [-0.2, -0.15) is 18.3 Å². The van der Waals surface area contributed by atoms with E-state index in [2.05, 4.69) is 20.7 Å². The number of unbranched alkanes of at least 4 members (excludes halogenated alkanes) is 2. The molecule has 2 heterocycles. The van der Waals surface area contributed by atoms with E-state index in [0.29, 0.717) is 41.0 Å². The lowest BCUT2D eigenvalue weighted by Gasteiger charge is -2.12. The summed E-state index contributed by atoms with van der Waals surface area (Å²) in [5.74, 6) is -1.16. The summed E-state index contributed by atoms with van der Waals surface area (Å²) in [6.45, 7) is 1.95. The van der Waals surface area contributed by atoms with Crippen LogP contribution in [0.25, 0.3) is 11.3 Å². The Balaban J connectivity index is 1.79. The molecule has 2 aromatic heterocycles. The number of imidazole rings is 1. The highest BCUT2D eigenvalue weighted by Gasteiger charge is 2.38. The average molecular weight is 556 g/mol. The molecular formula is C25H30F5N7O2. The zero-order valence-corrected chi connectivity index (χ0v) is 21.5. The zero-order chi connectivity index (χ0) is 28.7. The lowest BCUT2D eigenvalue weighted by Crippen LogP contribution is -2.25. The van der Waals surface area contributed by atoms with Gasteiger partial charge in [0, 0.05) is 31.0 Å². The van der Waals surface area contributed by atoms with E-state index in [0.717, 1.165) is 36.2 Å². The van der Waals surface area contributed by atoms with Crippen LogP contribution in [0.1, 0.15) is 58.4 Å². The Morgan fingerprint density at radius 1 is 1.13 bits per heavy atom. The SMILES string of the molecule is CCc1cc(NC(=O)c2ncc(-c3cn(CC(F)F)nc3C(F)(F)F)n2C)ccc1C(=O)NCCCCCN. The quantitative estimate of drug-likeness (QED) is 0.228. The molecule has 0 aliphatic rings. The molecule has 212 valence electrons. The number of halogens is 5. The fourth-order valence-electron chi connectivity index (χ4n) is 4.04. The first-order valence-electron chi connectivity index (χ1n) is 12.3. The average Bonchev–Trinajstić information content (AvgIpc) is 3.46. The molecule has 0 aliphatic carbocycles. The first-order chi connectivity index (χ1) is 18.5. The van der Waals surface area contributed by atoms with Crippen molar-refractivity contribution < 1.29 is 31.5 Å². The number of rotatable bonds is 12. The second-order valence-electron chi connectivity index (χ2n) is 8.81. The first kappa shape index (κ1) is 29.7. The Morgan fingerprint density at radius 2 is 1.87 bits per heavy atom. The van der Waals surface area contributed by atoms with E-state index in [1.807, 2.05) is 6.92 Å². The van der Waals surface area contributed by atoms with Gasteiger partial charge in [0.05, 0.1) is 17.5 Å². The molecule has 0 spiro atoms. The van der Waals surface area contributed by atoms with Gasteiger partial charge in [0.15, 0.2) is 11.5 Å². The number of anilines is 1. The van der Waals surface area contributed by atoms with E-state index < -0.39 is 36.3 Å². The van der Waals surface area contributed by atoms with Crippen LogP contribution in [0.15, 0.2) is 30.6 Å². The number of nitrogens with one attached hydrogen (secondary N) is 2. The first-order valence-corrected chi connectivity index (χ1v) is 12.3. The smallest absolute Gasteiger partial charge is 0.352 e. The van der Waals surface area contributed by atoms with E-state index in [4.69, 9.17) is 5.73 Å². The number of carbonyl (C=O) groups is 2. The largest absolute Gasteiger partial charge is 0.435 e. The van der Waals surface area contributed by atoms with Gasteiger partial charge in [-0.15, -0.1) is 0 Å². The van der Waals surface area contributed by atoms with Gasteiger partial charge in [-0.1, -0.05) is 13.3 Å². The van der Waals surface area contributed by atoms with Crippen molar-refractivity contribution in [1.29, 1.82) is 0 Å². The molecule has 0 aliphatic heterocycles. The Morgan fingerprint density at radius 3 is 2.51 bits per heavy atom. The minimum Gasteiger partial charge on any atom is -0.352 e. The van der Waals surface area contributed by atoms with E-state index in [1.54, 1.807) is 18.2 Å². The van der Waals surface area contributed by atoms with Crippen LogP contribution in [0.5, 0.6) is 0 Å². The highest BCUT2D eigenvalue weighted by Crippen LogP contribution is 2.36. The Bertz CT molecular complexity index is 1300. The van der Waals surface area contributed by atoms with Gasteiger partial charge in [-0.25, -0.2) is 13.8 Å². The van der Waals surface area contributed by atoms with Crippen molar-refractivity contribution in [2.45, 2.75) is 51.8 Å². The summed E-state index contributed by atoms with van der Waals surface area (Å²) in [5, 5.41) is 8.77. The lowest BCUT2D eigenvalue weighted by atomic mass is 10.0. The topological polar surface area (TPSA) is 120 Å². The van der Waals surface area contributed by atoms with Crippen LogP contribution in [0.3, 0.4) is 0 Å². The van der Waals surface area contributed by atoms with Gasteiger partial charge in [-0.05, 0) is 49.6 Å². The second-order valence-corrected chi connectivity index (χ2v) is 8.81. The fourth-order valence-corrected chi connectivity index (χ4v) is 4.04. The maximum Gasteiger partial charge on any atom is 0.435 e. The highest BCUT2D eigenvalue weighted by molar-refractivity contribution is 6.03. The van der Waals surface area contributed by atoms with Crippen LogP contribution >= 0.6 is 0 Å². The third kappa shape index (κ3) is 7.40. The number of amides is 2. The summed E-state index contributed by atoms with van der Waals surface area (Å²) >= 11 is 0.